The maximum atomic E-state index is 13.5. The van der Waals surface area contributed by atoms with Gasteiger partial charge in [0.2, 0.25) is 5.91 Å². The van der Waals surface area contributed by atoms with Crippen LogP contribution < -0.4 is 10.6 Å². The number of benzene rings is 3. The predicted molar refractivity (Wildman–Crippen MR) is 141 cm³/mol. The van der Waals surface area contributed by atoms with Crippen LogP contribution in [0.2, 0.25) is 5.02 Å². The Hall–Kier alpha value is -3.42. The third kappa shape index (κ3) is 6.38. The summed E-state index contributed by atoms with van der Waals surface area (Å²) in [5.74, 6) is -0.650. The van der Waals surface area contributed by atoms with E-state index in [1.807, 2.05) is 66.7 Å². The number of amides is 2. The van der Waals surface area contributed by atoms with Gasteiger partial charge in [0.1, 0.15) is 11.7 Å². The lowest BCUT2D eigenvalue weighted by Crippen LogP contribution is -2.47. The molecule has 0 unspecified atom stereocenters. The summed E-state index contributed by atoms with van der Waals surface area (Å²) in [6.07, 6.45) is 0.349. The lowest BCUT2D eigenvalue weighted by atomic mass is 10.0. The molecule has 0 bridgehead atoms. The van der Waals surface area contributed by atoms with Gasteiger partial charge in [0.25, 0.3) is 5.91 Å². The fraction of sp³-hybridized carbons (Fsp3) is 0.148. The largest absolute Gasteiger partial charge is 0.357 e. The van der Waals surface area contributed by atoms with Crippen molar-refractivity contribution >= 4 is 39.3 Å². The Kier molecular flexibility index (Phi) is 8.00. The summed E-state index contributed by atoms with van der Waals surface area (Å²) in [4.78, 5) is 26.1. The number of hydrogen-bond acceptors (Lipinski definition) is 3. The van der Waals surface area contributed by atoms with Gasteiger partial charge in [-0.1, -0.05) is 82.1 Å². The molecule has 4 aromatic rings. The number of hydrogen-bond donors (Lipinski definition) is 2. The smallest absolute Gasteiger partial charge is 0.270 e. The first-order valence-electron chi connectivity index (χ1n) is 11.1. The van der Waals surface area contributed by atoms with Crippen LogP contribution >= 0.6 is 27.5 Å². The van der Waals surface area contributed by atoms with Crippen molar-refractivity contribution in [2.45, 2.75) is 19.0 Å². The number of likely N-dealkylation sites (N-methyl/N-ethyl adjacent to an activating group) is 1. The summed E-state index contributed by atoms with van der Waals surface area (Å²) in [6, 6.07) is 25.7. The molecule has 0 radical (unpaired) electrons. The van der Waals surface area contributed by atoms with Crippen LogP contribution in [0.4, 0.5) is 0 Å². The number of halogens is 2. The molecule has 1 atom stereocenters. The van der Waals surface area contributed by atoms with Gasteiger partial charge < -0.3 is 10.6 Å². The topological polar surface area (TPSA) is 76.0 Å². The van der Waals surface area contributed by atoms with Crippen molar-refractivity contribution in [3.05, 3.63) is 111 Å². The van der Waals surface area contributed by atoms with Crippen molar-refractivity contribution < 1.29 is 9.59 Å². The van der Waals surface area contributed by atoms with E-state index in [1.165, 1.54) is 0 Å². The Morgan fingerprint density at radius 3 is 2.40 bits per heavy atom. The van der Waals surface area contributed by atoms with Crippen LogP contribution in [-0.4, -0.2) is 34.7 Å². The van der Waals surface area contributed by atoms with Gasteiger partial charge >= 0.3 is 0 Å². The number of nitrogens with one attached hydrogen (secondary N) is 2. The Bertz CT molecular complexity index is 1320. The molecule has 1 aromatic heterocycles. The molecule has 0 aliphatic heterocycles. The van der Waals surface area contributed by atoms with Gasteiger partial charge in [-0.25, -0.2) is 0 Å². The summed E-state index contributed by atoms with van der Waals surface area (Å²) in [7, 11) is 1.56. The zero-order valence-corrected chi connectivity index (χ0v) is 21.4. The highest BCUT2D eigenvalue weighted by Gasteiger charge is 2.24. The van der Waals surface area contributed by atoms with Crippen LogP contribution in [-0.2, 0) is 17.8 Å². The zero-order chi connectivity index (χ0) is 24.8. The molecule has 0 saturated heterocycles. The van der Waals surface area contributed by atoms with E-state index in [0.29, 0.717) is 29.4 Å². The Morgan fingerprint density at radius 1 is 0.971 bits per heavy atom. The molecule has 178 valence electrons. The van der Waals surface area contributed by atoms with E-state index < -0.39 is 6.04 Å². The Labute approximate surface area is 217 Å². The fourth-order valence-corrected chi connectivity index (χ4v) is 4.32. The summed E-state index contributed by atoms with van der Waals surface area (Å²) < 4.78 is 2.56. The molecule has 3 aromatic carbocycles. The minimum atomic E-state index is -0.749. The molecule has 2 N–H and O–H groups in total. The SMILES string of the molecule is CNC(=O)[C@H](Cc1cccc(Br)c1)NC(=O)c1cc(-c2ccccc2)nn1Cc1ccc(Cl)cc1. The highest BCUT2D eigenvalue weighted by molar-refractivity contribution is 9.10. The Morgan fingerprint density at radius 2 is 1.71 bits per heavy atom. The molecular formula is C27H24BrClN4O2. The molecule has 0 aliphatic rings. The third-order valence-corrected chi connectivity index (χ3v) is 6.27. The molecule has 0 fully saturated rings. The second-order valence-corrected chi connectivity index (χ2v) is 9.39. The average Bonchev–Trinajstić information content (AvgIpc) is 3.29. The predicted octanol–water partition coefficient (Wildman–Crippen LogP) is 5.10. The number of rotatable bonds is 8. The standard InChI is InChI=1S/C27H24BrClN4O2/c1-30-26(34)24(15-19-6-5-9-21(28)14-19)31-27(35)25-16-23(20-7-3-2-4-8-20)32-33(25)17-18-10-12-22(29)13-11-18/h2-14,16,24H,15,17H2,1H3,(H,30,34)(H,31,35)/t24-/m0/s1. The fourth-order valence-electron chi connectivity index (χ4n) is 3.75. The van der Waals surface area contributed by atoms with Crippen molar-refractivity contribution in [1.29, 1.82) is 0 Å². The number of aromatic nitrogens is 2. The summed E-state index contributed by atoms with van der Waals surface area (Å²) >= 11 is 9.49. The quantitative estimate of drug-likeness (QED) is 0.320. The van der Waals surface area contributed by atoms with Gasteiger partial charge in [-0.2, -0.15) is 5.10 Å². The van der Waals surface area contributed by atoms with Gasteiger partial charge in [-0.05, 0) is 41.5 Å². The summed E-state index contributed by atoms with van der Waals surface area (Å²) in [5, 5.41) is 10.9. The molecular weight excluding hydrogens is 528 g/mol. The zero-order valence-electron chi connectivity index (χ0n) is 19.0. The third-order valence-electron chi connectivity index (χ3n) is 5.52. The van der Waals surface area contributed by atoms with Gasteiger partial charge in [0, 0.05) is 28.5 Å². The van der Waals surface area contributed by atoms with Crippen LogP contribution in [0.3, 0.4) is 0 Å². The molecule has 2 amide bonds. The van der Waals surface area contributed by atoms with Crippen LogP contribution in [0.15, 0.2) is 89.4 Å². The average molecular weight is 552 g/mol. The maximum Gasteiger partial charge on any atom is 0.270 e. The van der Waals surface area contributed by atoms with Gasteiger partial charge in [-0.15, -0.1) is 0 Å². The van der Waals surface area contributed by atoms with E-state index in [1.54, 1.807) is 29.9 Å². The van der Waals surface area contributed by atoms with E-state index in [-0.39, 0.29) is 11.8 Å². The van der Waals surface area contributed by atoms with Crippen molar-refractivity contribution in [2.75, 3.05) is 7.05 Å². The maximum absolute atomic E-state index is 13.5. The van der Waals surface area contributed by atoms with E-state index in [4.69, 9.17) is 16.7 Å². The molecule has 0 aliphatic carbocycles. The second kappa shape index (κ2) is 11.3. The lowest BCUT2D eigenvalue weighted by Gasteiger charge is -2.18. The van der Waals surface area contributed by atoms with Crippen LogP contribution in [0.1, 0.15) is 21.6 Å². The van der Waals surface area contributed by atoms with Crippen LogP contribution in [0.5, 0.6) is 0 Å². The van der Waals surface area contributed by atoms with E-state index in [0.717, 1.165) is 21.2 Å². The molecule has 1 heterocycles. The van der Waals surface area contributed by atoms with Crippen LogP contribution in [0.25, 0.3) is 11.3 Å². The number of carbonyl (C=O) groups is 2. The van der Waals surface area contributed by atoms with Crippen molar-refractivity contribution in [2.24, 2.45) is 0 Å². The first-order chi connectivity index (χ1) is 16.9. The number of carbonyl (C=O) groups excluding carboxylic acids is 2. The molecule has 6 nitrogen and oxygen atoms in total. The molecule has 4 rings (SSSR count). The molecule has 0 saturated carbocycles. The van der Waals surface area contributed by atoms with E-state index in [2.05, 4.69) is 26.6 Å². The number of nitrogens with zero attached hydrogens (tertiary/aromatic N) is 2. The summed E-state index contributed by atoms with van der Waals surface area (Å²) in [5.41, 5.74) is 3.81. The van der Waals surface area contributed by atoms with Gasteiger partial charge in [0.15, 0.2) is 0 Å². The van der Waals surface area contributed by atoms with Crippen LogP contribution in [0, 0.1) is 0 Å². The monoisotopic (exact) mass is 550 g/mol. The van der Waals surface area contributed by atoms with Gasteiger partial charge in [-0.3, -0.25) is 14.3 Å². The summed E-state index contributed by atoms with van der Waals surface area (Å²) in [6.45, 7) is 0.378. The normalized spacial score (nSPS) is 11.6. The molecule has 35 heavy (non-hydrogen) atoms. The van der Waals surface area contributed by atoms with Crippen molar-refractivity contribution in [3.63, 3.8) is 0 Å². The molecule has 0 spiro atoms. The first kappa shape index (κ1) is 24.7. The van der Waals surface area contributed by atoms with Crippen molar-refractivity contribution in [3.8, 4) is 11.3 Å². The minimum absolute atomic E-state index is 0.273. The highest BCUT2D eigenvalue weighted by atomic mass is 79.9. The van der Waals surface area contributed by atoms with E-state index >= 15 is 0 Å². The lowest BCUT2D eigenvalue weighted by molar-refractivity contribution is -0.122. The van der Waals surface area contributed by atoms with E-state index in [9.17, 15) is 9.59 Å². The molecule has 8 heteroatoms. The highest BCUT2D eigenvalue weighted by Crippen LogP contribution is 2.21. The van der Waals surface area contributed by atoms with Gasteiger partial charge in [0.05, 0.1) is 12.2 Å². The Balaban J connectivity index is 1.64. The second-order valence-electron chi connectivity index (χ2n) is 8.04. The first-order valence-corrected chi connectivity index (χ1v) is 12.2. The minimum Gasteiger partial charge on any atom is -0.357 e. The van der Waals surface area contributed by atoms with Crippen molar-refractivity contribution in [1.82, 2.24) is 20.4 Å².